The first kappa shape index (κ1) is 13.5. The van der Waals surface area contributed by atoms with E-state index >= 15 is 0 Å². The lowest BCUT2D eigenvalue weighted by molar-refractivity contribution is 0.586. The molecule has 0 aliphatic rings. The molecule has 0 aliphatic carbocycles. The van der Waals surface area contributed by atoms with Crippen LogP contribution < -0.4 is 5.73 Å². The second-order valence-corrected chi connectivity index (χ2v) is 6.01. The lowest BCUT2D eigenvalue weighted by Crippen LogP contribution is -2.09. The topological polar surface area (TPSA) is 60.2 Å². The van der Waals surface area contributed by atoms with Crippen LogP contribution in [-0.4, -0.2) is 8.42 Å². The molecule has 2 aromatic carbocycles. The van der Waals surface area contributed by atoms with Crippen molar-refractivity contribution in [1.82, 2.24) is 0 Å². The van der Waals surface area contributed by atoms with Gasteiger partial charge in [0.1, 0.15) is 11.6 Å². The normalized spacial score (nSPS) is 11.5. The highest BCUT2D eigenvalue weighted by Crippen LogP contribution is 2.22. The van der Waals surface area contributed by atoms with E-state index in [2.05, 4.69) is 0 Å². The molecule has 0 radical (unpaired) electrons. The lowest BCUT2D eigenvalue weighted by atomic mass is 10.2. The number of hydrogen-bond acceptors (Lipinski definition) is 3. The molecule has 2 N–H and O–H groups in total. The summed E-state index contributed by atoms with van der Waals surface area (Å²) in [6.45, 7) is 0. The largest absolute Gasteiger partial charge is 0.398 e. The number of benzene rings is 2. The average molecular weight is 283 g/mol. The van der Waals surface area contributed by atoms with Gasteiger partial charge in [-0.25, -0.2) is 17.2 Å². The minimum Gasteiger partial charge on any atom is -0.398 e. The van der Waals surface area contributed by atoms with E-state index in [1.807, 2.05) is 0 Å². The number of anilines is 1. The van der Waals surface area contributed by atoms with Gasteiger partial charge in [-0.1, -0.05) is 6.07 Å². The fraction of sp³-hybridized carbons (Fsp3) is 0.0769. The Morgan fingerprint density at radius 3 is 2.21 bits per heavy atom. The van der Waals surface area contributed by atoms with Gasteiger partial charge in [0.05, 0.1) is 10.6 Å². The Labute approximate surface area is 109 Å². The monoisotopic (exact) mass is 283 g/mol. The molecule has 0 saturated heterocycles. The van der Waals surface area contributed by atoms with Gasteiger partial charge in [-0.15, -0.1) is 0 Å². The third kappa shape index (κ3) is 2.90. The van der Waals surface area contributed by atoms with Crippen LogP contribution in [0.1, 0.15) is 5.56 Å². The van der Waals surface area contributed by atoms with Crippen molar-refractivity contribution in [2.75, 3.05) is 5.73 Å². The van der Waals surface area contributed by atoms with Crippen LogP contribution in [0.4, 0.5) is 14.5 Å². The Kier molecular flexibility index (Phi) is 3.53. The second-order valence-electron chi connectivity index (χ2n) is 4.02. The molecule has 0 atom stereocenters. The molecule has 0 saturated carbocycles. The molecule has 2 aromatic rings. The summed E-state index contributed by atoms with van der Waals surface area (Å²) in [6.07, 6.45) is 0. The number of halogens is 2. The van der Waals surface area contributed by atoms with E-state index in [9.17, 15) is 17.2 Å². The van der Waals surface area contributed by atoms with Gasteiger partial charge in [-0.3, -0.25) is 0 Å². The highest BCUT2D eigenvalue weighted by atomic mass is 32.2. The van der Waals surface area contributed by atoms with E-state index in [1.165, 1.54) is 12.1 Å². The van der Waals surface area contributed by atoms with Crippen molar-refractivity contribution >= 4 is 15.5 Å². The number of nitrogen functional groups attached to an aromatic ring is 1. The number of nitrogens with two attached hydrogens (primary N) is 1. The molecule has 6 heteroatoms. The van der Waals surface area contributed by atoms with Crippen LogP contribution in [0.3, 0.4) is 0 Å². The Balaban J connectivity index is 2.39. The molecule has 0 aromatic heterocycles. The van der Waals surface area contributed by atoms with Crippen LogP contribution in [-0.2, 0) is 15.6 Å². The van der Waals surface area contributed by atoms with E-state index in [-0.39, 0.29) is 16.1 Å². The summed E-state index contributed by atoms with van der Waals surface area (Å²) >= 11 is 0. The van der Waals surface area contributed by atoms with Crippen molar-refractivity contribution in [3.63, 3.8) is 0 Å². The third-order valence-electron chi connectivity index (χ3n) is 2.66. The van der Waals surface area contributed by atoms with Gasteiger partial charge in [0.2, 0.25) is 0 Å². The van der Waals surface area contributed by atoms with Crippen LogP contribution in [0, 0.1) is 11.6 Å². The highest BCUT2D eigenvalue weighted by molar-refractivity contribution is 7.90. The summed E-state index contributed by atoms with van der Waals surface area (Å²) in [6, 6.07) is 8.34. The van der Waals surface area contributed by atoms with Gasteiger partial charge in [-0.05, 0) is 36.4 Å². The molecule has 0 bridgehead atoms. The fourth-order valence-electron chi connectivity index (χ4n) is 1.64. The number of sulfone groups is 1. The summed E-state index contributed by atoms with van der Waals surface area (Å²) in [7, 11) is -3.76. The third-order valence-corrected chi connectivity index (χ3v) is 4.32. The first-order valence-corrected chi connectivity index (χ1v) is 7.06. The summed E-state index contributed by atoms with van der Waals surface area (Å²) in [5, 5.41) is 0. The predicted octanol–water partition coefficient (Wildman–Crippen LogP) is 2.52. The van der Waals surface area contributed by atoms with E-state index in [4.69, 9.17) is 5.73 Å². The zero-order valence-electron chi connectivity index (χ0n) is 9.81. The standard InChI is InChI=1S/C13H11F2NO2S/c14-9-4-6-10(7-5-9)19(17,18)8-11-12(15)2-1-3-13(11)16/h1-7H,8,16H2. The van der Waals surface area contributed by atoms with E-state index in [1.54, 1.807) is 0 Å². The maximum atomic E-state index is 13.6. The number of hydrogen-bond donors (Lipinski definition) is 1. The minimum absolute atomic E-state index is 0.0726. The predicted molar refractivity (Wildman–Crippen MR) is 68.1 cm³/mol. The van der Waals surface area contributed by atoms with Gasteiger partial charge in [0, 0.05) is 11.3 Å². The van der Waals surface area contributed by atoms with Gasteiger partial charge in [0.15, 0.2) is 9.84 Å². The average Bonchev–Trinajstić information content (AvgIpc) is 2.35. The molecule has 0 fully saturated rings. The van der Waals surface area contributed by atoms with Gasteiger partial charge < -0.3 is 5.73 Å². The smallest absolute Gasteiger partial charge is 0.182 e. The molecule has 0 unspecified atom stereocenters. The molecule has 3 nitrogen and oxygen atoms in total. The molecule has 0 heterocycles. The SMILES string of the molecule is Nc1cccc(F)c1CS(=O)(=O)c1ccc(F)cc1. The fourth-order valence-corrected chi connectivity index (χ4v) is 3.04. The zero-order chi connectivity index (χ0) is 14.0. The Morgan fingerprint density at radius 1 is 1.00 bits per heavy atom. The second kappa shape index (κ2) is 4.97. The van der Waals surface area contributed by atoms with Crippen molar-refractivity contribution in [2.45, 2.75) is 10.6 Å². The quantitative estimate of drug-likeness (QED) is 0.695. The van der Waals surface area contributed by atoms with Crippen molar-refractivity contribution in [3.05, 3.63) is 59.7 Å². The van der Waals surface area contributed by atoms with Crippen LogP contribution >= 0.6 is 0 Å². The molecule has 100 valence electrons. The van der Waals surface area contributed by atoms with E-state index in [0.717, 1.165) is 30.3 Å². The molecular formula is C13H11F2NO2S. The maximum Gasteiger partial charge on any atom is 0.182 e. The summed E-state index contributed by atoms with van der Waals surface area (Å²) in [5.74, 6) is -1.77. The van der Waals surface area contributed by atoms with Crippen LogP contribution in [0.15, 0.2) is 47.4 Å². The molecule has 19 heavy (non-hydrogen) atoms. The molecular weight excluding hydrogens is 272 g/mol. The first-order chi connectivity index (χ1) is 8.90. The Bertz CT molecular complexity index is 677. The molecule has 0 aliphatic heterocycles. The van der Waals surface area contributed by atoms with E-state index in [0.29, 0.717) is 0 Å². The van der Waals surface area contributed by atoms with Crippen LogP contribution in [0.5, 0.6) is 0 Å². The molecule has 0 amide bonds. The Morgan fingerprint density at radius 2 is 1.63 bits per heavy atom. The highest BCUT2D eigenvalue weighted by Gasteiger charge is 2.19. The minimum atomic E-state index is -3.76. The van der Waals surface area contributed by atoms with Crippen molar-refractivity contribution in [3.8, 4) is 0 Å². The van der Waals surface area contributed by atoms with Crippen LogP contribution in [0.25, 0.3) is 0 Å². The molecule has 2 rings (SSSR count). The summed E-state index contributed by atoms with van der Waals surface area (Å²) in [4.78, 5) is -0.0726. The van der Waals surface area contributed by atoms with Crippen molar-refractivity contribution in [2.24, 2.45) is 0 Å². The van der Waals surface area contributed by atoms with Crippen molar-refractivity contribution in [1.29, 1.82) is 0 Å². The molecule has 0 spiro atoms. The number of rotatable bonds is 3. The van der Waals surface area contributed by atoms with E-state index < -0.39 is 27.2 Å². The van der Waals surface area contributed by atoms with Gasteiger partial charge in [-0.2, -0.15) is 0 Å². The van der Waals surface area contributed by atoms with Gasteiger partial charge >= 0.3 is 0 Å². The van der Waals surface area contributed by atoms with Crippen molar-refractivity contribution < 1.29 is 17.2 Å². The first-order valence-electron chi connectivity index (χ1n) is 5.41. The maximum absolute atomic E-state index is 13.6. The summed E-state index contributed by atoms with van der Waals surface area (Å²) < 4.78 is 50.5. The van der Waals surface area contributed by atoms with Gasteiger partial charge in [0.25, 0.3) is 0 Å². The zero-order valence-corrected chi connectivity index (χ0v) is 10.6. The van der Waals surface area contributed by atoms with Crippen LogP contribution in [0.2, 0.25) is 0 Å². The summed E-state index contributed by atoms with van der Waals surface area (Å²) in [5.41, 5.74) is 5.56. The Hall–Kier alpha value is -1.95. The lowest BCUT2D eigenvalue weighted by Gasteiger charge is -2.08.